The molecule has 2 N–H and O–H groups in total. The molecule has 1 heterocycles. The van der Waals surface area contributed by atoms with Crippen LogP contribution in [-0.4, -0.2) is 36.3 Å². The Bertz CT molecular complexity index is 1310. The Labute approximate surface area is 185 Å². The number of fused-ring (bicyclic) bond motifs is 1. The molecule has 1 aromatic heterocycles. The van der Waals surface area contributed by atoms with Gasteiger partial charge in [-0.3, -0.25) is 25.2 Å². The van der Waals surface area contributed by atoms with Crippen LogP contribution in [0.3, 0.4) is 0 Å². The lowest BCUT2D eigenvalue weighted by molar-refractivity contribution is 0.0843. The number of aryl methyl sites for hydroxylation is 1. The molecule has 9 nitrogen and oxygen atoms in total. The Kier molecular flexibility index (Phi) is 7.04. The number of hydrazine groups is 1. The maximum absolute atomic E-state index is 12.8. The van der Waals surface area contributed by atoms with Crippen LogP contribution < -0.4 is 16.4 Å². The molecule has 0 saturated carbocycles. The number of nitrogens with zero attached hydrogens (tertiary/aromatic N) is 2. The Morgan fingerprint density at radius 2 is 1.56 bits per heavy atom. The van der Waals surface area contributed by atoms with Crippen molar-refractivity contribution in [3.8, 4) is 0 Å². The van der Waals surface area contributed by atoms with Crippen LogP contribution in [-0.2, 0) is 16.4 Å². The molecule has 0 bridgehead atoms. The largest absolute Gasteiger partial charge is 0.290 e. The second-order valence-corrected chi connectivity index (χ2v) is 9.35. The molecule has 0 radical (unpaired) electrons. The van der Waals surface area contributed by atoms with Crippen molar-refractivity contribution in [3.05, 3.63) is 70.1 Å². The Hall–Kier alpha value is -3.53. The lowest BCUT2D eigenvalue weighted by atomic mass is 10.1. The zero-order valence-corrected chi connectivity index (χ0v) is 18.6. The molecule has 0 fully saturated rings. The number of aromatic nitrogens is 2. The number of carbonyl (C=O) groups is 2. The van der Waals surface area contributed by atoms with Crippen LogP contribution >= 0.6 is 0 Å². The smallest absolute Gasteiger partial charge is 0.267 e. The maximum atomic E-state index is 12.8. The number of sulfone groups is 1. The second-order valence-electron chi connectivity index (χ2n) is 7.33. The van der Waals surface area contributed by atoms with E-state index in [1.165, 1.54) is 28.9 Å². The van der Waals surface area contributed by atoms with Gasteiger partial charge in [0.15, 0.2) is 15.5 Å². The van der Waals surface area contributed by atoms with Gasteiger partial charge in [-0.05, 0) is 36.8 Å². The summed E-state index contributed by atoms with van der Waals surface area (Å²) in [5.74, 6) is -1.30. The molecular weight excluding hydrogens is 432 g/mol. The Morgan fingerprint density at radius 3 is 2.19 bits per heavy atom. The first-order valence-electron chi connectivity index (χ1n) is 10.1. The SMILES string of the molecule is CCCCCn1nc(C(=O)NNC(=O)c2ccc(S(C)(=O)=O)cc2)c2ccccc2c1=O. The van der Waals surface area contributed by atoms with E-state index in [4.69, 9.17) is 0 Å². The minimum Gasteiger partial charge on any atom is -0.267 e. The molecule has 2 amide bonds. The maximum Gasteiger partial charge on any atom is 0.290 e. The number of benzene rings is 2. The minimum atomic E-state index is -3.38. The molecule has 168 valence electrons. The summed E-state index contributed by atoms with van der Waals surface area (Å²) < 4.78 is 24.4. The summed E-state index contributed by atoms with van der Waals surface area (Å²) in [5.41, 5.74) is 4.51. The van der Waals surface area contributed by atoms with Gasteiger partial charge in [0, 0.05) is 23.8 Å². The van der Waals surface area contributed by atoms with Gasteiger partial charge in [-0.2, -0.15) is 5.10 Å². The van der Waals surface area contributed by atoms with E-state index in [-0.39, 0.29) is 21.7 Å². The summed E-state index contributed by atoms with van der Waals surface area (Å²) >= 11 is 0. The summed E-state index contributed by atoms with van der Waals surface area (Å²) in [7, 11) is -3.38. The third-order valence-electron chi connectivity index (χ3n) is 4.89. The zero-order valence-electron chi connectivity index (χ0n) is 17.8. The van der Waals surface area contributed by atoms with E-state index in [9.17, 15) is 22.8 Å². The Balaban J connectivity index is 1.81. The molecule has 3 aromatic rings. The molecule has 0 aliphatic carbocycles. The van der Waals surface area contributed by atoms with Gasteiger partial charge >= 0.3 is 0 Å². The topological polar surface area (TPSA) is 127 Å². The van der Waals surface area contributed by atoms with Crippen molar-refractivity contribution in [2.45, 2.75) is 37.6 Å². The molecule has 2 aromatic carbocycles. The quantitative estimate of drug-likeness (QED) is 0.414. The van der Waals surface area contributed by atoms with Crippen molar-refractivity contribution in [2.24, 2.45) is 0 Å². The average molecular weight is 457 g/mol. The molecule has 32 heavy (non-hydrogen) atoms. The van der Waals surface area contributed by atoms with E-state index in [1.54, 1.807) is 24.3 Å². The van der Waals surface area contributed by atoms with Crippen LogP contribution in [0.5, 0.6) is 0 Å². The molecule has 0 spiro atoms. The third-order valence-corrected chi connectivity index (χ3v) is 6.02. The number of carbonyl (C=O) groups excluding carboxylic acids is 2. The number of unbranched alkanes of at least 4 members (excludes halogenated alkanes) is 2. The number of amides is 2. The van der Waals surface area contributed by atoms with Crippen LogP contribution in [0.15, 0.2) is 58.2 Å². The number of hydrogen-bond acceptors (Lipinski definition) is 6. The summed E-state index contributed by atoms with van der Waals surface area (Å²) in [6.07, 6.45) is 3.73. The third kappa shape index (κ3) is 5.20. The summed E-state index contributed by atoms with van der Waals surface area (Å²) in [6.45, 7) is 2.43. The van der Waals surface area contributed by atoms with Gasteiger partial charge < -0.3 is 0 Å². The molecule has 0 saturated heterocycles. The van der Waals surface area contributed by atoms with Crippen LogP contribution in [0.4, 0.5) is 0 Å². The first kappa shape index (κ1) is 23.1. The van der Waals surface area contributed by atoms with Crippen LogP contribution in [0.25, 0.3) is 10.8 Å². The van der Waals surface area contributed by atoms with Crippen molar-refractivity contribution in [3.63, 3.8) is 0 Å². The monoisotopic (exact) mass is 456 g/mol. The van der Waals surface area contributed by atoms with Crippen molar-refractivity contribution in [2.75, 3.05) is 6.26 Å². The van der Waals surface area contributed by atoms with Gasteiger partial charge in [0.2, 0.25) is 0 Å². The van der Waals surface area contributed by atoms with Gasteiger partial charge in [0.05, 0.1) is 10.3 Å². The molecule has 0 aliphatic heterocycles. The van der Waals surface area contributed by atoms with Gasteiger partial charge in [-0.1, -0.05) is 38.0 Å². The zero-order chi connectivity index (χ0) is 23.3. The van der Waals surface area contributed by atoms with Gasteiger partial charge in [-0.15, -0.1) is 0 Å². The number of hydrogen-bond donors (Lipinski definition) is 2. The van der Waals surface area contributed by atoms with E-state index in [0.29, 0.717) is 17.3 Å². The number of nitrogens with one attached hydrogen (secondary N) is 2. The fourth-order valence-corrected chi connectivity index (χ4v) is 3.79. The highest BCUT2D eigenvalue weighted by Gasteiger charge is 2.18. The van der Waals surface area contributed by atoms with E-state index < -0.39 is 21.7 Å². The first-order valence-corrected chi connectivity index (χ1v) is 12.0. The molecule has 0 atom stereocenters. The lowest BCUT2D eigenvalue weighted by Gasteiger charge is -2.12. The lowest BCUT2D eigenvalue weighted by Crippen LogP contribution is -2.42. The van der Waals surface area contributed by atoms with Crippen LogP contribution in [0.2, 0.25) is 0 Å². The number of rotatable bonds is 7. The van der Waals surface area contributed by atoms with Gasteiger partial charge in [0.1, 0.15) is 0 Å². The van der Waals surface area contributed by atoms with Gasteiger partial charge in [0.25, 0.3) is 17.4 Å². The molecule has 0 unspecified atom stereocenters. The first-order chi connectivity index (χ1) is 15.2. The molecule has 3 rings (SSSR count). The van der Waals surface area contributed by atoms with E-state index in [0.717, 1.165) is 25.5 Å². The molecule has 10 heteroatoms. The fraction of sp³-hybridized carbons (Fsp3) is 0.273. The fourth-order valence-electron chi connectivity index (χ4n) is 3.16. The van der Waals surface area contributed by atoms with E-state index >= 15 is 0 Å². The Morgan fingerprint density at radius 1 is 0.938 bits per heavy atom. The normalized spacial score (nSPS) is 11.3. The van der Waals surface area contributed by atoms with Crippen molar-refractivity contribution in [1.29, 1.82) is 0 Å². The standard InChI is InChI=1S/C22H24N4O5S/c1-3-4-7-14-26-22(29)18-9-6-5-8-17(18)19(25-26)21(28)24-23-20(27)15-10-12-16(13-11-15)32(2,30)31/h5-6,8-13H,3-4,7,14H2,1-2H3,(H,23,27)(H,24,28). The highest BCUT2D eigenvalue weighted by molar-refractivity contribution is 7.90. The average Bonchev–Trinajstić information content (AvgIpc) is 2.78. The highest BCUT2D eigenvalue weighted by Crippen LogP contribution is 2.14. The van der Waals surface area contributed by atoms with Crippen molar-refractivity contribution in [1.82, 2.24) is 20.6 Å². The van der Waals surface area contributed by atoms with E-state index in [1.807, 2.05) is 6.92 Å². The van der Waals surface area contributed by atoms with Gasteiger partial charge in [-0.25, -0.2) is 13.1 Å². The molecular formula is C22H24N4O5S. The summed E-state index contributed by atoms with van der Waals surface area (Å²) in [6, 6.07) is 12.0. The van der Waals surface area contributed by atoms with Crippen LogP contribution in [0, 0.1) is 0 Å². The minimum absolute atomic E-state index is 0.0180. The molecule has 0 aliphatic rings. The van der Waals surface area contributed by atoms with Crippen molar-refractivity contribution < 1.29 is 18.0 Å². The summed E-state index contributed by atoms with van der Waals surface area (Å²) in [4.78, 5) is 37.9. The van der Waals surface area contributed by atoms with Crippen molar-refractivity contribution >= 4 is 32.4 Å². The predicted molar refractivity (Wildman–Crippen MR) is 120 cm³/mol. The van der Waals surface area contributed by atoms with E-state index in [2.05, 4.69) is 16.0 Å². The predicted octanol–water partition coefficient (Wildman–Crippen LogP) is 2.06. The van der Waals surface area contributed by atoms with Crippen LogP contribution in [0.1, 0.15) is 47.0 Å². The highest BCUT2D eigenvalue weighted by atomic mass is 32.2. The summed E-state index contributed by atoms with van der Waals surface area (Å²) in [5, 5.41) is 4.99. The second kappa shape index (κ2) is 9.73.